The molecule has 1 aromatic heterocycles. The molecule has 0 fully saturated rings. The van der Waals surface area contributed by atoms with Crippen LogP contribution in [0.25, 0.3) is 16.8 Å². The third-order valence-corrected chi connectivity index (χ3v) is 7.32. The summed E-state index contributed by atoms with van der Waals surface area (Å²) < 4.78 is 13.7. The van der Waals surface area contributed by atoms with E-state index in [9.17, 15) is 9.59 Å². The number of benzene rings is 3. The largest absolute Gasteiger partial charge is 0.496 e. The number of fused-ring (bicyclic) bond motifs is 2. The van der Waals surface area contributed by atoms with Crippen molar-refractivity contribution in [3.63, 3.8) is 0 Å². The lowest BCUT2D eigenvalue weighted by molar-refractivity contribution is -0.114. The molecule has 182 valence electrons. The quantitative estimate of drug-likeness (QED) is 0.396. The fourth-order valence-corrected chi connectivity index (χ4v) is 5.82. The van der Waals surface area contributed by atoms with Gasteiger partial charge in [0.1, 0.15) is 11.5 Å². The van der Waals surface area contributed by atoms with Gasteiger partial charge >= 0.3 is 0 Å². The van der Waals surface area contributed by atoms with E-state index in [0.29, 0.717) is 38.7 Å². The van der Waals surface area contributed by atoms with Crippen molar-refractivity contribution >= 4 is 34.0 Å². The molecule has 0 spiro atoms. The third-order valence-electron chi connectivity index (χ3n) is 6.34. The number of Topliss-reactive ketones (excluding diaryl/α,β-unsaturated/α-hetero) is 1. The van der Waals surface area contributed by atoms with Crippen LogP contribution in [0.3, 0.4) is 0 Å². The summed E-state index contributed by atoms with van der Waals surface area (Å²) in [6.45, 7) is 5.77. The monoisotopic (exact) mass is 498 g/mol. The molecule has 0 unspecified atom stereocenters. The maximum absolute atomic E-state index is 13.9. The van der Waals surface area contributed by atoms with E-state index >= 15 is 0 Å². The Morgan fingerprint density at radius 3 is 2.58 bits per heavy atom. The molecular formula is C29H26N2O4S. The number of ether oxygens (including phenoxy) is 2. The molecule has 0 saturated carbocycles. The van der Waals surface area contributed by atoms with E-state index in [0.717, 1.165) is 21.9 Å². The fraction of sp³-hybridized carbons (Fsp3) is 0.207. The van der Waals surface area contributed by atoms with Crippen LogP contribution in [0.2, 0.25) is 0 Å². The maximum atomic E-state index is 13.9. The Morgan fingerprint density at radius 2 is 1.83 bits per heavy atom. The molecule has 0 bridgehead atoms. The average molecular weight is 499 g/mol. The highest BCUT2D eigenvalue weighted by Gasteiger charge is 2.32. The van der Waals surface area contributed by atoms with Crippen molar-refractivity contribution in [2.75, 3.05) is 13.7 Å². The maximum Gasteiger partial charge on any atom is 0.271 e. The minimum atomic E-state index is -0.629. The van der Waals surface area contributed by atoms with Gasteiger partial charge in [-0.1, -0.05) is 59.9 Å². The van der Waals surface area contributed by atoms with Gasteiger partial charge in [0.05, 0.1) is 24.3 Å². The molecule has 0 saturated heterocycles. The molecule has 1 aliphatic heterocycles. The predicted octanol–water partition coefficient (Wildman–Crippen LogP) is 4.38. The van der Waals surface area contributed by atoms with Gasteiger partial charge in [-0.2, -0.15) is 0 Å². The molecule has 36 heavy (non-hydrogen) atoms. The standard InChI is InChI=1S/C29H26N2O4S/c1-5-35-24-15-14-19-10-6-7-11-20(19)22(24)16-25-28(33)31-27(21-12-8-9-13-23(21)34-4)26(18(3)32)17(2)30-29(31)36-25/h6-16,27H,5H2,1-4H3/t27-/m1/s1. The second kappa shape index (κ2) is 9.59. The molecule has 4 aromatic rings. The van der Waals surface area contributed by atoms with Crippen LogP contribution in [0.4, 0.5) is 0 Å². The summed E-state index contributed by atoms with van der Waals surface area (Å²) in [4.78, 5) is 31.9. The summed E-state index contributed by atoms with van der Waals surface area (Å²) in [6, 6.07) is 18.8. The Morgan fingerprint density at radius 1 is 1.08 bits per heavy atom. The number of aromatic nitrogens is 1. The van der Waals surface area contributed by atoms with Gasteiger partial charge in [0.25, 0.3) is 5.56 Å². The summed E-state index contributed by atoms with van der Waals surface area (Å²) in [5, 5.41) is 2.05. The van der Waals surface area contributed by atoms with E-state index in [1.165, 1.54) is 18.3 Å². The van der Waals surface area contributed by atoms with Crippen LogP contribution in [0.1, 0.15) is 37.9 Å². The number of hydrogen-bond acceptors (Lipinski definition) is 6. The number of thiazole rings is 1. The van der Waals surface area contributed by atoms with Crippen LogP contribution in [0.15, 0.2) is 81.7 Å². The summed E-state index contributed by atoms with van der Waals surface area (Å²) in [6.07, 6.45) is 1.88. The number of methoxy groups -OCH3 is 1. The average Bonchev–Trinajstić information content (AvgIpc) is 3.18. The van der Waals surface area contributed by atoms with Crippen LogP contribution in [-0.2, 0) is 4.79 Å². The van der Waals surface area contributed by atoms with Crippen LogP contribution < -0.4 is 24.4 Å². The highest BCUT2D eigenvalue weighted by molar-refractivity contribution is 7.07. The predicted molar refractivity (Wildman–Crippen MR) is 143 cm³/mol. The lowest BCUT2D eigenvalue weighted by atomic mass is 9.93. The number of allylic oxidation sites excluding steroid dienone is 2. The van der Waals surface area contributed by atoms with Gasteiger partial charge in [-0.15, -0.1) is 0 Å². The van der Waals surface area contributed by atoms with E-state index in [1.54, 1.807) is 11.7 Å². The number of hydrogen-bond donors (Lipinski definition) is 0. The number of para-hydroxylation sites is 1. The first-order valence-corrected chi connectivity index (χ1v) is 12.6. The molecule has 0 aliphatic carbocycles. The highest BCUT2D eigenvalue weighted by atomic mass is 32.1. The van der Waals surface area contributed by atoms with E-state index in [4.69, 9.17) is 9.47 Å². The summed E-state index contributed by atoms with van der Waals surface area (Å²) >= 11 is 1.31. The zero-order valence-electron chi connectivity index (χ0n) is 20.6. The molecule has 0 amide bonds. The van der Waals surface area contributed by atoms with Crippen LogP contribution in [0, 0.1) is 0 Å². The molecule has 3 aromatic carbocycles. The Balaban J connectivity index is 1.82. The van der Waals surface area contributed by atoms with Gasteiger partial charge in [-0.3, -0.25) is 14.2 Å². The summed E-state index contributed by atoms with van der Waals surface area (Å²) in [7, 11) is 1.59. The summed E-state index contributed by atoms with van der Waals surface area (Å²) in [5.41, 5.74) is 2.46. The molecule has 0 N–H and O–H groups in total. The topological polar surface area (TPSA) is 69.9 Å². The van der Waals surface area contributed by atoms with Gasteiger partial charge in [-0.05, 0) is 49.8 Å². The minimum absolute atomic E-state index is 0.130. The SMILES string of the molecule is CCOc1ccc2ccccc2c1C=c1sc2n(c1=O)[C@H](c1ccccc1OC)C(C(C)=O)=C(C)N=2. The first kappa shape index (κ1) is 23.8. The first-order chi connectivity index (χ1) is 17.4. The molecule has 5 rings (SSSR count). The first-order valence-electron chi connectivity index (χ1n) is 11.8. The second-order valence-corrected chi connectivity index (χ2v) is 9.52. The fourth-order valence-electron chi connectivity index (χ4n) is 4.79. The Bertz CT molecular complexity index is 1710. The Labute approximate surface area is 212 Å². The van der Waals surface area contributed by atoms with Crippen molar-refractivity contribution in [1.82, 2.24) is 4.57 Å². The van der Waals surface area contributed by atoms with Crippen LogP contribution >= 0.6 is 11.3 Å². The van der Waals surface area contributed by atoms with Crippen LogP contribution in [-0.4, -0.2) is 24.1 Å². The number of ketones is 1. The van der Waals surface area contributed by atoms with Gasteiger partial charge in [0.15, 0.2) is 10.6 Å². The van der Waals surface area contributed by atoms with Crippen molar-refractivity contribution in [1.29, 1.82) is 0 Å². The van der Waals surface area contributed by atoms with Crippen molar-refractivity contribution < 1.29 is 14.3 Å². The number of carbonyl (C=O) groups is 1. The van der Waals surface area contributed by atoms with Crippen molar-refractivity contribution in [3.05, 3.63) is 103 Å². The van der Waals surface area contributed by atoms with Gasteiger partial charge in [-0.25, -0.2) is 4.99 Å². The molecular weight excluding hydrogens is 472 g/mol. The lowest BCUT2D eigenvalue weighted by Gasteiger charge is -2.25. The molecule has 1 atom stereocenters. The zero-order chi connectivity index (χ0) is 25.4. The van der Waals surface area contributed by atoms with Crippen molar-refractivity contribution in [3.8, 4) is 11.5 Å². The molecule has 6 nitrogen and oxygen atoms in total. The Hall–Kier alpha value is -3.97. The molecule has 7 heteroatoms. The zero-order valence-corrected chi connectivity index (χ0v) is 21.4. The van der Waals surface area contributed by atoms with E-state index in [2.05, 4.69) is 4.99 Å². The van der Waals surface area contributed by atoms with Gasteiger partial charge in [0.2, 0.25) is 0 Å². The number of carbonyl (C=O) groups excluding carboxylic acids is 1. The van der Waals surface area contributed by atoms with Gasteiger partial charge in [0, 0.05) is 22.4 Å². The second-order valence-electron chi connectivity index (χ2n) is 8.51. The normalized spacial score (nSPS) is 15.6. The highest BCUT2D eigenvalue weighted by Crippen LogP contribution is 2.35. The van der Waals surface area contributed by atoms with Crippen molar-refractivity contribution in [2.24, 2.45) is 4.99 Å². The minimum Gasteiger partial charge on any atom is -0.496 e. The van der Waals surface area contributed by atoms with E-state index in [-0.39, 0.29) is 11.3 Å². The third kappa shape index (κ3) is 3.95. The smallest absolute Gasteiger partial charge is 0.271 e. The van der Waals surface area contributed by atoms with Gasteiger partial charge < -0.3 is 9.47 Å². The van der Waals surface area contributed by atoms with E-state index < -0.39 is 6.04 Å². The number of rotatable bonds is 6. The Kier molecular flexibility index (Phi) is 6.33. The lowest BCUT2D eigenvalue weighted by Crippen LogP contribution is -2.39. The molecule has 1 aliphatic rings. The molecule has 0 radical (unpaired) electrons. The summed E-state index contributed by atoms with van der Waals surface area (Å²) in [5.74, 6) is 1.19. The molecule has 2 heterocycles. The van der Waals surface area contributed by atoms with Crippen molar-refractivity contribution in [2.45, 2.75) is 26.8 Å². The van der Waals surface area contributed by atoms with Crippen LogP contribution in [0.5, 0.6) is 11.5 Å². The number of nitrogens with zero attached hydrogens (tertiary/aromatic N) is 2. The van der Waals surface area contributed by atoms with E-state index in [1.807, 2.05) is 80.6 Å².